The molecule has 0 bridgehead atoms. The molecule has 0 aliphatic heterocycles. The van der Waals surface area contributed by atoms with Gasteiger partial charge in [0.15, 0.2) is 0 Å². The molecule has 3 heteroatoms. The van der Waals surface area contributed by atoms with Crippen molar-refractivity contribution in [3.8, 4) is 0 Å². The number of nitrogens with zero attached hydrogens (tertiary/aromatic N) is 1. The van der Waals surface area contributed by atoms with Crippen LogP contribution >= 0.6 is 0 Å². The SMILES string of the molecule is [C-]#[N+]C(C(=O)OCC=C)=C(c1ccccc1)c1ccccc1. The van der Waals surface area contributed by atoms with Gasteiger partial charge in [-0.1, -0.05) is 73.3 Å². The van der Waals surface area contributed by atoms with Crippen molar-refractivity contribution in [3.05, 3.63) is 102 Å². The Labute approximate surface area is 130 Å². The van der Waals surface area contributed by atoms with Gasteiger partial charge in [0.05, 0.1) is 6.57 Å². The molecule has 2 aromatic carbocycles. The Morgan fingerprint density at radius 1 is 1.05 bits per heavy atom. The number of benzene rings is 2. The van der Waals surface area contributed by atoms with Crippen molar-refractivity contribution in [2.45, 2.75) is 0 Å². The summed E-state index contributed by atoms with van der Waals surface area (Å²) in [5.41, 5.74) is 2.15. The summed E-state index contributed by atoms with van der Waals surface area (Å²) in [5.74, 6) is -0.641. The maximum atomic E-state index is 12.2. The van der Waals surface area contributed by atoms with E-state index in [0.717, 1.165) is 11.1 Å². The van der Waals surface area contributed by atoms with Gasteiger partial charge in [0.2, 0.25) is 0 Å². The fraction of sp³-hybridized carbons (Fsp3) is 0.0526. The molecular formula is C19H15NO2. The molecule has 0 spiro atoms. The quantitative estimate of drug-likeness (QED) is 0.359. The van der Waals surface area contributed by atoms with Crippen LogP contribution in [0.1, 0.15) is 11.1 Å². The van der Waals surface area contributed by atoms with Gasteiger partial charge in [-0.05, 0) is 11.1 Å². The lowest BCUT2D eigenvalue weighted by Gasteiger charge is -2.11. The van der Waals surface area contributed by atoms with Gasteiger partial charge in [-0.25, -0.2) is 4.85 Å². The Kier molecular flexibility index (Phi) is 5.28. The van der Waals surface area contributed by atoms with Crippen molar-refractivity contribution in [2.75, 3.05) is 6.61 Å². The fourth-order valence-electron chi connectivity index (χ4n) is 2.06. The normalized spacial score (nSPS) is 9.41. The molecule has 2 rings (SSSR count). The molecule has 2 aromatic rings. The number of hydrogen-bond acceptors (Lipinski definition) is 2. The van der Waals surface area contributed by atoms with Crippen molar-refractivity contribution in [1.29, 1.82) is 0 Å². The molecule has 0 aliphatic carbocycles. The Balaban J connectivity index is 2.61. The maximum Gasteiger partial charge on any atom is 0.337 e. The molecule has 0 fully saturated rings. The number of hydrogen-bond donors (Lipinski definition) is 0. The second-order valence-electron chi connectivity index (χ2n) is 4.45. The van der Waals surface area contributed by atoms with Crippen LogP contribution in [0.2, 0.25) is 0 Å². The van der Waals surface area contributed by atoms with E-state index in [2.05, 4.69) is 11.4 Å². The Morgan fingerprint density at radius 3 is 1.95 bits per heavy atom. The molecule has 0 radical (unpaired) electrons. The summed E-state index contributed by atoms with van der Waals surface area (Å²) in [7, 11) is 0. The van der Waals surface area contributed by atoms with Crippen LogP contribution in [0.5, 0.6) is 0 Å². The Morgan fingerprint density at radius 2 is 1.55 bits per heavy atom. The van der Waals surface area contributed by atoms with Crippen LogP contribution in [-0.2, 0) is 9.53 Å². The third-order valence-corrected chi connectivity index (χ3v) is 3.00. The van der Waals surface area contributed by atoms with Crippen LogP contribution in [0.15, 0.2) is 79.0 Å². The van der Waals surface area contributed by atoms with Gasteiger partial charge in [-0.2, -0.15) is 0 Å². The summed E-state index contributed by atoms with van der Waals surface area (Å²) < 4.78 is 5.04. The van der Waals surface area contributed by atoms with Crippen molar-refractivity contribution in [2.24, 2.45) is 0 Å². The van der Waals surface area contributed by atoms with Gasteiger partial charge in [0, 0.05) is 5.57 Å². The molecular weight excluding hydrogens is 274 g/mol. The van der Waals surface area contributed by atoms with E-state index in [1.165, 1.54) is 6.08 Å². The van der Waals surface area contributed by atoms with Crippen LogP contribution in [-0.4, -0.2) is 12.6 Å². The van der Waals surface area contributed by atoms with Gasteiger partial charge >= 0.3 is 5.97 Å². The number of esters is 1. The minimum atomic E-state index is -0.641. The highest BCUT2D eigenvalue weighted by Crippen LogP contribution is 2.28. The van der Waals surface area contributed by atoms with Crippen LogP contribution in [0.25, 0.3) is 10.4 Å². The zero-order valence-electron chi connectivity index (χ0n) is 12.0. The first-order valence-corrected chi connectivity index (χ1v) is 6.78. The predicted octanol–water partition coefficient (Wildman–Crippen LogP) is 4.09. The van der Waals surface area contributed by atoms with E-state index in [-0.39, 0.29) is 12.3 Å². The third kappa shape index (κ3) is 3.50. The monoisotopic (exact) mass is 289 g/mol. The largest absolute Gasteiger partial charge is 0.466 e. The molecule has 0 saturated heterocycles. The summed E-state index contributed by atoms with van der Waals surface area (Å²) in [6, 6.07) is 18.7. The highest BCUT2D eigenvalue weighted by atomic mass is 16.5. The smallest absolute Gasteiger partial charge is 0.337 e. The van der Waals surface area contributed by atoms with Crippen LogP contribution in [0.4, 0.5) is 0 Å². The standard InChI is InChI=1S/C19H15NO2/c1-3-14-22-19(21)18(20-2)17(15-10-6-4-7-11-15)16-12-8-5-9-13-16/h3-13H,1,14H2. The van der Waals surface area contributed by atoms with Crippen LogP contribution in [0, 0.1) is 6.57 Å². The molecule has 0 saturated carbocycles. The zero-order valence-corrected chi connectivity index (χ0v) is 12.0. The second kappa shape index (κ2) is 7.61. The van der Waals surface area contributed by atoms with E-state index in [4.69, 9.17) is 11.3 Å². The molecule has 3 nitrogen and oxygen atoms in total. The lowest BCUT2D eigenvalue weighted by Crippen LogP contribution is -2.08. The lowest BCUT2D eigenvalue weighted by atomic mass is 9.96. The van der Waals surface area contributed by atoms with Crippen molar-refractivity contribution in [3.63, 3.8) is 0 Å². The molecule has 0 heterocycles. The molecule has 22 heavy (non-hydrogen) atoms. The molecule has 0 aliphatic rings. The highest BCUT2D eigenvalue weighted by molar-refractivity contribution is 6.03. The number of carbonyl (C=O) groups excluding carboxylic acids is 1. The van der Waals surface area contributed by atoms with Gasteiger partial charge < -0.3 is 4.74 Å². The zero-order chi connectivity index (χ0) is 15.8. The maximum absolute atomic E-state index is 12.2. The molecule has 0 aromatic heterocycles. The topological polar surface area (TPSA) is 30.7 Å². The average Bonchev–Trinajstić information content (AvgIpc) is 2.59. The lowest BCUT2D eigenvalue weighted by molar-refractivity contribution is -0.137. The van der Waals surface area contributed by atoms with Crippen molar-refractivity contribution >= 4 is 11.5 Å². The Hall–Kier alpha value is -3.12. The number of rotatable bonds is 5. The van der Waals surface area contributed by atoms with Crippen molar-refractivity contribution < 1.29 is 9.53 Å². The van der Waals surface area contributed by atoms with E-state index < -0.39 is 5.97 Å². The number of carbonyl (C=O) groups is 1. The van der Waals surface area contributed by atoms with Crippen LogP contribution < -0.4 is 0 Å². The van der Waals surface area contributed by atoms with Gasteiger partial charge in [-0.3, -0.25) is 4.79 Å². The summed E-state index contributed by atoms with van der Waals surface area (Å²) in [5, 5.41) is 0. The summed E-state index contributed by atoms with van der Waals surface area (Å²) in [6.07, 6.45) is 1.48. The minimum Gasteiger partial charge on any atom is -0.466 e. The molecule has 0 atom stereocenters. The fourth-order valence-corrected chi connectivity index (χ4v) is 2.06. The average molecular weight is 289 g/mol. The second-order valence-corrected chi connectivity index (χ2v) is 4.45. The summed E-state index contributed by atoms with van der Waals surface area (Å²) in [6.45, 7) is 11.0. The van der Waals surface area contributed by atoms with Gasteiger partial charge in [-0.15, -0.1) is 0 Å². The van der Waals surface area contributed by atoms with Gasteiger partial charge in [0.25, 0.3) is 5.70 Å². The minimum absolute atomic E-state index is 0.0285. The first-order valence-electron chi connectivity index (χ1n) is 6.78. The molecule has 0 unspecified atom stereocenters. The van der Waals surface area contributed by atoms with Crippen molar-refractivity contribution in [1.82, 2.24) is 0 Å². The summed E-state index contributed by atoms with van der Waals surface area (Å²) >= 11 is 0. The Bertz CT molecular complexity index is 684. The molecule has 108 valence electrons. The van der Waals surface area contributed by atoms with E-state index in [9.17, 15) is 4.79 Å². The van der Waals surface area contributed by atoms with E-state index >= 15 is 0 Å². The van der Waals surface area contributed by atoms with E-state index in [1.54, 1.807) is 0 Å². The first kappa shape index (κ1) is 15.3. The molecule has 0 N–H and O–H groups in total. The van der Waals surface area contributed by atoms with E-state index in [1.807, 2.05) is 60.7 Å². The summed E-state index contributed by atoms with van der Waals surface area (Å²) in [4.78, 5) is 15.6. The highest BCUT2D eigenvalue weighted by Gasteiger charge is 2.20. The first-order chi connectivity index (χ1) is 10.8. The van der Waals surface area contributed by atoms with Crippen LogP contribution in [0.3, 0.4) is 0 Å². The predicted molar refractivity (Wildman–Crippen MR) is 86.7 cm³/mol. The molecule has 0 amide bonds. The number of ether oxygens (including phenoxy) is 1. The van der Waals surface area contributed by atoms with E-state index in [0.29, 0.717) is 5.57 Å². The van der Waals surface area contributed by atoms with Gasteiger partial charge in [0.1, 0.15) is 6.61 Å². The third-order valence-electron chi connectivity index (χ3n) is 3.00.